The number of nitrogens with zero attached hydrogens (tertiary/aromatic N) is 2. The van der Waals surface area contributed by atoms with Gasteiger partial charge in [0, 0.05) is 25.2 Å². The Morgan fingerprint density at radius 1 is 1.14 bits per heavy atom. The maximum Gasteiger partial charge on any atom is 0.309 e. The Morgan fingerprint density at radius 3 is 2.18 bits per heavy atom. The summed E-state index contributed by atoms with van der Waals surface area (Å²) in [6.07, 6.45) is -0.0737. The minimum atomic E-state index is -3.50. The zero-order chi connectivity index (χ0) is 21.1. The summed E-state index contributed by atoms with van der Waals surface area (Å²) in [5.41, 5.74) is 0. The van der Waals surface area contributed by atoms with Crippen molar-refractivity contribution < 1.29 is 22.7 Å². The smallest absolute Gasteiger partial charge is 0.309 e. The van der Waals surface area contributed by atoms with Crippen LogP contribution >= 0.6 is 11.3 Å². The van der Waals surface area contributed by atoms with E-state index in [4.69, 9.17) is 4.74 Å². The van der Waals surface area contributed by atoms with Crippen LogP contribution in [0.4, 0.5) is 0 Å². The monoisotopic (exact) mass is 430 g/mol. The van der Waals surface area contributed by atoms with Crippen molar-refractivity contribution in [1.29, 1.82) is 0 Å². The molecule has 0 bridgehead atoms. The lowest BCUT2D eigenvalue weighted by molar-refractivity contribution is -0.165. The van der Waals surface area contributed by atoms with Gasteiger partial charge in [0.15, 0.2) is 6.10 Å². The normalized spacial score (nSPS) is 17.7. The summed E-state index contributed by atoms with van der Waals surface area (Å²) in [5, 5.41) is 1.73. The van der Waals surface area contributed by atoms with Crippen LogP contribution in [0.25, 0.3) is 0 Å². The third-order valence-electron chi connectivity index (χ3n) is 4.88. The van der Waals surface area contributed by atoms with Crippen molar-refractivity contribution in [3.8, 4) is 0 Å². The molecule has 0 saturated carbocycles. The van der Waals surface area contributed by atoms with E-state index in [1.54, 1.807) is 29.3 Å². The zero-order valence-corrected chi connectivity index (χ0v) is 18.8. The first-order valence-electron chi connectivity index (χ1n) is 9.62. The largest absolute Gasteiger partial charge is 0.452 e. The van der Waals surface area contributed by atoms with Crippen molar-refractivity contribution in [2.45, 2.75) is 69.9 Å². The highest BCUT2D eigenvalue weighted by atomic mass is 32.2. The highest BCUT2D eigenvalue weighted by molar-refractivity contribution is 7.91. The van der Waals surface area contributed by atoms with E-state index in [9.17, 15) is 18.0 Å². The average molecular weight is 431 g/mol. The first-order valence-corrected chi connectivity index (χ1v) is 11.9. The predicted octanol–water partition coefficient (Wildman–Crippen LogP) is 2.73. The summed E-state index contributed by atoms with van der Waals surface area (Å²) in [5.74, 6) is -1.03. The van der Waals surface area contributed by atoms with Crippen LogP contribution in [0.3, 0.4) is 0 Å². The number of ether oxygens (including phenoxy) is 1. The molecule has 0 radical (unpaired) electrons. The van der Waals surface area contributed by atoms with Crippen LogP contribution in [-0.2, 0) is 24.3 Å². The molecule has 158 valence electrons. The molecule has 1 unspecified atom stereocenters. The number of esters is 1. The molecule has 1 amide bonds. The van der Waals surface area contributed by atoms with Crippen molar-refractivity contribution in [2.75, 3.05) is 13.1 Å². The SMILES string of the molecule is CC(OC(=O)C1CCN(S(=O)(=O)c2cccs2)CC1)C(=O)N(C(C)C)C(C)C. The molecule has 28 heavy (non-hydrogen) atoms. The number of carbonyl (C=O) groups excluding carboxylic acids is 2. The van der Waals surface area contributed by atoms with Crippen molar-refractivity contribution in [3.63, 3.8) is 0 Å². The Bertz CT molecular complexity index is 758. The van der Waals surface area contributed by atoms with E-state index >= 15 is 0 Å². The van der Waals surface area contributed by atoms with Crippen molar-refractivity contribution in [2.24, 2.45) is 5.92 Å². The predicted molar refractivity (Wildman–Crippen MR) is 108 cm³/mol. The molecule has 0 aromatic carbocycles. The van der Waals surface area contributed by atoms with Crippen molar-refractivity contribution in [3.05, 3.63) is 17.5 Å². The van der Waals surface area contributed by atoms with Gasteiger partial charge in [-0.05, 0) is 58.9 Å². The summed E-state index contributed by atoms with van der Waals surface area (Å²) in [6, 6.07) is 3.32. The molecule has 0 aliphatic carbocycles. The lowest BCUT2D eigenvalue weighted by Gasteiger charge is -2.34. The number of hydrogen-bond acceptors (Lipinski definition) is 6. The van der Waals surface area contributed by atoms with Gasteiger partial charge in [-0.3, -0.25) is 9.59 Å². The maximum absolute atomic E-state index is 12.6. The van der Waals surface area contributed by atoms with Crippen molar-refractivity contribution >= 4 is 33.2 Å². The molecule has 2 heterocycles. The van der Waals surface area contributed by atoms with E-state index in [0.717, 1.165) is 0 Å². The van der Waals surface area contributed by atoms with Gasteiger partial charge in [0.05, 0.1) is 5.92 Å². The molecule has 1 atom stereocenters. The van der Waals surface area contributed by atoms with Crippen LogP contribution in [0, 0.1) is 5.92 Å². The Kier molecular flexibility index (Phi) is 7.64. The molecule has 1 aromatic heterocycles. The summed E-state index contributed by atoms with van der Waals surface area (Å²) < 4.78 is 32.3. The minimum absolute atomic E-state index is 0.0133. The molecule has 1 aliphatic rings. The molecule has 1 aliphatic heterocycles. The molecule has 2 rings (SSSR count). The molecule has 1 saturated heterocycles. The van der Waals surface area contributed by atoms with Gasteiger partial charge in [0.25, 0.3) is 15.9 Å². The van der Waals surface area contributed by atoms with Gasteiger partial charge in [-0.15, -0.1) is 11.3 Å². The maximum atomic E-state index is 12.6. The van der Waals surface area contributed by atoms with Crippen LogP contribution < -0.4 is 0 Å². The third kappa shape index (κ3) is 5.12. The molecule has 1 fully saturated rings. The first-order chi connectivity index (χ1) is 13.1. The second-order valence-electron chi connectivity index (χ2n) is 7.62. The number of thiophene rings is 1. The van der Waals surface area contributed by atoms with Gasteiger partial charge in [0.2, 0.25) is 0 Å². The number of hydrogen-bond donors (Lipinski definition) is 0. The lowest BCUT2D eigenvalue weighted by atomic mass is 9.98. The van der Waals surface area contributed by atoms with E-state index in [-0.39, 0.29) is 31.1 Å². The Hall–Kier alpha value is -1.45. The average Bonchev–Trinajstić information content (AvgIpc) is 3.16. The number of amides is 1. The highest BCUT2D eigenvalue weighted by Gasteiger charge is 2.35. The zero-order valence-electron chi connectivity index (χ0n) is 17.1. The Balaban J connectivity index is 1.92. The first kappa shape index (κ1) is 22.8. The molecule has 0 N–H and O–H groups in total. The van der Waals surface area contributed by atoms with Crippen LogP contribution in [0.15, 0.2) is 21.7 Å². The second kappa shape index (κ2) is 9.37. The van der Waals surface area contributed by atoms with E-state index in [0.29, 0.717) is 17.1 Å². The summed E-state index contributed by atoms with van der Waals surface area (Å²) in [7, 11) is -3.50. The molecule has 7 nitrogen and oxygen atoms in total. The van der Waals surface area contributed by atoms with Gasteiger partial charge in [-0.2, -0.15) is 4.31 Å². The van der Waals surface area contributed by atoms with E-state index in [1.165, 1.54) is 15.6 Å². The number of rotatable bonds is 7. The van der Waals surface area contributed by atoms with Crippen LogP contribution in [0.1, 0.15) is 47.5 Å². The fraction of sp³-hybridized carbons (Fsp3) is 0.684. The topological polar surface area (TPSA) is 84.0 Å². The van der Waals surface area contributed by atoms with Crippen LogP contribution in [0.2, 0.25) is 0 Å². The fourth-order valence-electron chi connectivity index (χ4n) is 3.51. The Morgan fingerprint density at radius 2 is 1.71 bits per heavy atom. The summed E-state index contributed by atoms with van der Waals surface area (Å²) >= 11 is 1.19. The summed E-state index contributed by atoms with van der Waals surface area (Å²) in [6.45, 7) is 9.84. The van der Waals surface area contributed by atoms with Crippen molar-refractivity contribution in [1.82, 2.24) is 9.21 Å². The molecular formula is C19H30N2O5S2. The van der Waals surface area contributed by atoms with Gasteiger partial charge in [-0.25, -0.2) is 8.42 Å². The van der Waals surface area contributed by atoms with Gasteiger partial charge < -0.3 is 9.64 Å². The van der Waals surface area contributed by atoms with Gasteiger partial charge in [0.1, 0.15) is 4.21 Å². The van der Waals surface area contributed by atoms with Gasteiger partial charge >= 0.3 is 5.97 Å². The highest BCUT2D eigenvalue weighted by Crippen LogP contribution is 2.27. The molecule has 9 heteroatoms. The molecular weight excluding hydrogens is 400 g/mol. The lowest BCUT2D eigenvalue weighted by Crippen LogP contribution is -2.48. The minimum Gasteiger partial charge on any atom is -0.452 e. The van der Waals surface area contributed by atoms with E-state index < -0.39 is 28.0 Å². The molecule has 0 spiro atoms. The standard InChI is InChI=1S/C19H30N2O5S2/c1-13(2)21(14(3)4)18(22)15(5)26-19(23)16-8-10-20(11-9-16)28(24,25)17-7-6-12-27-17/h6-7,12-16H,8-11H2,1-5H3. The summed E-state index contributed by atoms with van der Waals surface area (Å²) in [4.78, 5) is 26.8. The third-order valence-corrected chi connectivity index (χ3v) is 8.16. The van der Waals surface area contributed by atoms with Gasteiger partial charge in [-0.1, -0.05) is 6.07 Å². The number of carbonyl (C=O) groups is 2. The number of piperidine rings is 1. The molecule has 1 aromatic rings. The van der Waals surface area contributed by atoms with Crippen LogP contribution in [0.5, 0.6) is 0 Å². The van der Waals surface area contributed by atoms with E-state index in [1.807, 2.05) is 27.7 Å². The van der Waals surface area contributed by atoms with E-state index in [2.05, 4.69) is 0 Å². The quantitative estimate of drug-likeness (QED) is 0.621. The number of sulfonamides is 1. The second-order valence-corrected chi connectivity index (χ2v) is 10.7. The van der Waals surface area contributed by atoms with Crippen LogP contribution in [-0.4, -0.2) is 60.8 Å². The Labute approximate surface area is 171 Å². The fourth-order valence-corrected chi connectivity index (χ4v) is 6.12.